The number of ether oxygens (including phenoxy) is 1. The zero-order valence-electron chi connectivity index (χ0n) is 20.5. The minimum Gasteiger partial charge on any atom is -0.381 e. The van der Waals surface area contributed by atoms with Gasteiger partial charge in [-0.2, -0.15) is 0 Å². The Balaban J connectivity index is 1.39. The summed E-state index contributed by atoms with van der Waals surface area (Å²) in [5.74, 6) is -0.0949. The molecule has 190 valence electrons. The molecule has 1 atom stereocenters. The molecule has 0 bridgehead atoms. The number of nitrogens with one attached hydrogen (secondary N) is 1. The number of anilines is 1. The lowest BCUT2D eigenvalue weighted by Gasteiger charge is -2.37. The van der Waals surface area contributed by atoms with E-state index in [2.05, 4.69) is 17.4 Å². The first-order valence-corrected chi connectivity index (χ1v) is 14.3. The predicted octanol–water partition coefficient (Wildman–Crippen LogP) is 3.85. The summed E-state index contributed by atoms with van der Waals surface area (Å²) in [6, 6.07) is 6.39. The second-order valence-electron chi connectivity index (χ2n) is 10.3. The van der Waals surface area contributed by atoms with E-state index in [4.69, 9.17) is 4.74 Å². The van der Waals surface area contributed by atoms with Gasteiger partial charge in [0.05, 0.1) is 5.69 Å². The first kappa shape index (κ1) is 24.6. The quantitative estimate of drug-likeness (QED) is 0.623. The molecule has 1 aromatic carbocycles. The van der Waals surface area contributed by atoms with Crippen molar-refractivity contribution in [1.29, 1.82) is 0 Å². The van der Waals surface area contributed by atoms with Crippen molar-refractivity contribution >= 4 is 35.2 Å². The van der Waals surface area contributed by atoms with Gasteiger partial charge in [0.1, 0.15) is 6.54 Å². The number of hydrogen-bond acceptors (Lipinski definition) is 5. The average molecular weight is 500 g/mol. The molecule has 3 amide bonds. The van der Waals surface area contributed by atoms with Gasteiger partial charge >= 0.3 is 0 Å². The Kier molecular flexibility index (Phi) is 7.97. The smallest absolute Gasteiger partial charge is 0.250 e. The van der Waals surface area contributed by atoms with E-state index in [9.17, 15) is 14.4 Å². The number of carbonyl (C=O) groups excluding carboxylic acids is 3. The molecule has 0 aromatic heterocycles. The van der Waals surface area contributed by atoms with Crippen molar-refractivity contribution in [3.63, 3.8) is 0 Å². The molecule has 8 heteroatoms. The van der Waals surface area contributed by atoms with Crippen LogP contribution in [0.3, 0.4) is 0 Å². The highest BCUT2D eigenvalue weighted by molar-refractivity contribution is 8.01. The van der Waals surface area contributed by atoms with Crippen LogP contribution in [0.4, 0.5) is 5.69 Å². The molecule has 0 radical (unpaired) electrons. The third-order valence-corrected chi connectivity index (χ3v) is 9.09. The fraction of sp³-hybridized carbons (Fsp3) is 0.667. The van der Waals surface area contributed by atoms with E-state index in [1.165, 1.54) is 23.7 Å². The van der Waals surface area contributed by atoms with Gasteiger partial charge in [-0.15, -0.1) is 11.8 Å². The van der Waals surface area contributed by atoms with Crippen LogP contribution in [0, 0.1) is 0 Å². The SMILES string of the molecule is O=C(CN1C(=O)C(C(=O)N2CCCCC2)Sc2cc(C3CCOCC3)ccc21)NC1CCCCC1. The lowest BCUT2D eigenvalue weighted by atomic mass is 9.91. The van der Waals surface area contributed by atoms with E-state index in [0.717, 1.165) is 81.6 Å². The van der Waals surface area contributed by atoms with Gasteiger partial charge in [-0.1, -0.05) is 25.3 Å². The number of piperidine rings is 1. The van der Waals surface area contributed by atoms with Crippen LogP contribution in [0.15, 0.2) is 23.1 Å². The number of carbonyl (C=O) groups is 3. The zero-order chi connectivity index (χ0) is 24.2. The van der Waals surface area contributed by atoms with E-state index >= 15 is 0 Å². The van der Waals surface area contributed by atoms with Gasteiger partial charge in [0.15, 0.2) is 5.25 Å². The van der Waals surface area contributed by atoms with Gasteiger partial charge in [-0.25, -0.2) is 0 Å². The molecule has 1 aliphatic carbocycles. The van der Waals surface area contributed by atoms with Crippen molar-refractivity contribution in [2.75, 3.05) is 37.7 Å². The number of amides is 3. The van der Waals surface area contributed by atoms with Crippen LogP contribution >= 0.6 is 11.8 Å². The third-order valence-electron chi connectivity index (χ3n) is 7.87. The molecule has 5 rings (SSSR count). The Morgan fingerprint density at radius 1 is 0.971 bits per heavy atom. The fourth-order valence-corrected chi connectivity index (χ4v) is 7.07. The van der Waals surface area contributed by atoms with E-state index in [-0.39, 0.29) is 30.3 Å². The third kappa shape index (κ3) is 5.69. The van der Waals surface area contributed by atoms with Gasteiger partial charge in [0.25, 0.3) is 5.91 Å². The van der Waals surface area contributed by atoms with Crippen LogP contribution in [0.2, 0.25) is 0 Å². The molecular weight excluding hydrogens is 462 g/mol. The van der Waals surface area contributed by atoms with Crippen LogP contribution in [0.5, 0.6) is 0 Å². The maximum absolute atomic E-state index is 13.6. The van der Waals surface area contributed by atoms with Crippen LogP contribution in [0.1, 0.15) is 75.7 Å². The summed E-state index contributed by atoms with van der Waals surface area (Å²) in [6.45, 7) is 2.90. The highest BCUT2D eigenvalue weighted by atomic mass is 32.2. The molecule has 7 nitrogen and oxygen atoms in total. The summed E-state index contributed by atoms with van der Waals surface area (Å²) in [4.78, 5) is 44.4. The minimum atomic E-state index is -0.826. The van der Waals surface area contributed by atoms with Crippen molar-refractivity contribution < 1.29 is 19.1 Å². The van der Waals surface area contributed by atoms with Gasteiger partial charge in [-0.3, -0.25) is 14.4 Å². The van der Waals surface area contributed by atoms with Gasteiger partial charge < -0.3 is 19.9 Å². The maximum Gasteiger partial charge on any atom is 0.250 e. The number of fused-ring (bicyclic) bond motifs is 1. The molecule has 1 N–H and O–H groups in total. The summed E-state index contributed by atoms with van der Waals surface area (Å²) in [5.41, 5.74) is 1.97. The summed E-state index contributed by atoms with van der Waals surface area (Å²) in [6.07, 6.45) is 10.5. The molecule has 1 aromatic rings. The fourth-order valence-electron chi connectivity index (χ4n) is 5.83. The lowest BCUT2D eigenvalue weighted by molar-refractivity contribution is -0.136. The Labute approximate surface area is 212 Å². The van der Waals surface area contributed by atoms with E-state index in [0.29, 0.717) is 19.0 Å². The monoisotopic (exact) mass is 499 g/mol. The zero-order valence-corrected chi connectivity index (χ0v) is 21.3. The molecular formula is C27H37N3O4S. The second kappa shape index (κ2) is 11.3. The first-order chi connectivity index (χ1) is 17.1. The summed E-state index contributed by atoms with van der Waals surface area (Å²) >= 11 is 1.37. The second-order valence-corrected chi connectivity index (χ2v) is 11.5. The average Bonchev–Trinajstić information content (AvgIpc) is 2.91. The molecule has 0 spiro atoms. The molecule has 1 saturated carbocycles. The molecule has 4 aliphatic rings. The normalized spacial score (nSPS) is 24.2. The summed E-state index contributed by atoms with van der Waals surface area (Å²) in [7, 11) is 0. The molecule has 3 fully saturated rings. The highest BCUT2D eigenvalue weighted by Crippen LogP contribution is 2.42. The van der Waals surface area contributed by atoms with Crippen molar-refractivity contribution in [2.45, 2.75) is 86.3 Å². The maximum atomic E-state index is 13.6. The highest BCUT2D eigenvalue weighted by Gasteiger charge is 2.41. The topological polar surface area (TPSA) is 79.0 Å². The van der Waals surface area contributed by atoms with Gasteiger partial charge in [0, 0.05) is 37.2 Å². The number of thioether (sulfide) groups is 1. The van der Waals surface area contributed by atoms with Crippen LogP contribution in [0.25, 0.3) is 0 Å². The van der Waals surface area contributed by atoms with E-state index < -0.39 is 5.25 Å². The standard InChI is InChI=1S/C27H37N3O4S/c31-24(28-21-7-3-1-4-8-21)18-30-22-10-9-20(19-11-15-34-16-12-19)17-23(22)35-25(27(30)33)26(32)29-13-5-2-6-14-29/h9-10,17,19,21,25H,1-8,11-16,18H2,(H,28,31). The first-order valence-electron chi connectivity index (χ1n) is 13.4. The van der Waals surface area contributed by atoms with E-state index in [1.54, 1.807) is 4.90 Å². The lowest BCUT2D eigenvalue weighted by Crippen LogP contribution is -2.53. The number of benzene rings is 1. The van der Waals surface area contributed by atoms with Crippen molar-refractivity contribution in [1.82, 2.24) is 10.2 Å². The largest absolute Gasteiger partial charge is 0.381 e. The molecule has 1 unspecified atom stereocenters. The van der Waals surface area contributed by atoms with Crippen molar-refractivity contribution in [2.24, 2.45) is 0 Å². The molecule has 35 heavy (non-hydrogen) atoms. The predicted molar refractivity (Wildman–Crippen MR) is 137 cm³/mol. The van der Waals surface area contributed by atoms with Crippen LogP contribution in [-0.4, -0.2) is 66.8 Å². The summed E-state index contributed by atoms with van der Waals surface area (Å²) < 4.78 is 5.53. The van der Waals surface area contributed by atoms with Crippen LogP contribution < -0.4 is 10.2 Å². The molecule has 3 heterocycles. The number of nitrogens with zero attached hydrogens (tertiary/aromatic N) is 2. The number of hydrogen-bond donors (Lipinski definition) is 1. The Morgan fingerprint density at radius 3 is 2.43 bits per heavy atom. The minimum absolute atomic E-state index is 0.0384. The van der Waals surface area contributed by atoms with Gasteiger partial charge in [-0.05, 0) is 68.6 Å². The van der Waals surface area contributed by atoms with Crippen molar-refractivity contribution in [3.8, 4) is 0 Å². The Bertz CT molecular complexity index is 936. The molecule has 3 aliphatic heterocycles. The number of likely N-dealkylation sites (tertiary alicyclic amines) is 1. The van der Waals surface area contributed by atoms with Crippen LogP contribution in [-0.2, 0) is 19.1 Å². The van der Waals surface area contributed by atoms with E-state index in [1.807, 2.05) is 11.0 Å². The Morgan fingerprint density at radius 2 is 1.69 bits per heavy atom. The summed E-state index contributed by atoms with van der Waals surface area (Å²) in [5, 5.41) is 2.31. The van der Waals surface area contributed by atoms with Crippen molar-refractivity contribution in [3.05, 3.63) is 23.8 Å². The van der Waals surface area contributed by atoms with Gasteiger partial charge in [0.2, 0.25) is 11.8 Å². The molecule has 2 saturated heterocycles. The Hall–Kier alpha value is -2.06. The number of rotatable bonds is 5.